The highest BCUT2D eigenvalue weighted by Gasteiger charge is 2.49. The van der Waals surface area contributed by atoms with Crippen LogP contribution in [0.4, 0.5) is 4.79 Å². The number of carbonyl (C=O) groups is 2. The van der Waals surface area contributed by atoms with E-state index in [1.54, 1.807) is 38.3 Å². The van der Waals surface area contributed by atoms with E-state index in [4.69, 9.17) is 4.74 Å². The molecule has 3 amide bonds. The molecule has 1 aliphatic rings. The van der Waals surface area contributed by atoms with E-state index in [1.807, 2.05) is 18.3 Å². The first-order valence-corrected chi connectivity index (χ1v) is 9.42. The van der Waals surface area contributed by atoms with Gasteiger partial charge in [0.2, 0.25) is 0 Å². The summed E-state index contributed by atoms with van der Waals surface area (Å²) < 4.78 is 5.16. The number of nitrogens with zero attached hydrogens (tertiary/aromatic N) is 2. The Morgan fingerprint density at radius 2 is 1.93 bits per heavy atom. The molecule has 2 N–H and O–H groups in total. The van der Waals surface area contributed by atoms with Crippen LogP contribution in [0.25, 0.3) is 10.9 Å². The van der Waals surface area contributed by atoms with E-state index < -0.39 is 17.5 Å². The lowest BCUT2D eigenvalue weighted by molar-refractivity contribution is -0.131. The number of nitrogens with one attached hydrogen (secondary N) is 2. The van der Waals surface area contributed by atoms with Crippen LogP contribution in [0.15, 0.2) is 53.8 Å². The summed E-state index contributed by atoms with van der Waals surface area (Å²) in [4.78, 5) is 28.7. The average Bonchev–Trinajstić information content (AvgIpc) is 3.25. The Kier molecular flexibility index (Phi) is 4.58. The van der Waals surface area contributed by atoms with E-state index in [-0.39, 0.29) is 0 Å². The Bertz CT molecular complexity index is 1120. The third-order valence-electron chi connectivity index (χ3n) is 5.36. The van der Waals surface area contributed by atoms with Gasteiger partial charge in [-0.2, -0.15) is 5.10 Å². The molecule has 1 saturated heterocycles. The van der Waals surface area contributed by atoms with Gasteiger partial charge in [-0.15, -0.1) is 5.01 Å². The van der Waals surface area contributed by atoms with Gasteiger partial charge in [-0.25, -0.2) is 4.79 Å². The van der Waals surface area contributed by atoms with Crippen molar-refractivity contribution >= 4 is 29.1 Å². The number of ether oxygens (including phenoxy) is 1. The Balaban J connectivity index is 1.63. The van der Waals surface area contributed by atoms with Crippen LogP contribution in [0.2, 0.25) is 0 Å². The topological polar surface area (TPSA) is 86.8 Å². The number of imide groups is 1. The molecule has 0 spiro atoms. The minimum absolute atomic E-state index is 0.432. The summed E-state index contributed by atoms with van der Waals surface area (Å²) in [7, 11) is 1.57. The van der Waals surface area contributed by atoms with E-state index in [1.165, 1.54) is 11.8 Å². The summed E-state index contributed by atoms with van der Waals surface area (Å²) in [5.74, 6) is 0.243. The largest absolute Gasteiger partial charge is 0.497 e. The maximum Gasteiger partial charge on any atom is 0.346 e. The molecular weight excluding hydrogens is 368 g/mol. The minimum Gasteiger partial charge on any atom is -0.497 e. The number of rotatable bonds is 5. The van der Waals surface area contributed by atoms with Crippen molar-refractivity contribution in [2.45, 2.75) is 25.8 Å². The van der Waals surface area contributed by atoms with Crippen LogP contribution < -0.4 is 10.1 Å². The van der Waals surface area contributed by atoms with Crippen LogP contribution in [0.1, 0.15) is 30.5 Å². The summed E-state index contributed by atoms with van der Waals surface area (Å²) in [6.45, 7) is 3.76. The van der Waals surface area contributed by atoms with Crippen molar-refractivity contribution in [3.8, 4) is 5.75 Å². The molecule has 2 aromatic carbocycles. The third kappa shape index (κ3) is 3.04. The van der Waals surface area contributed by atoms with E-state index >= 15 is 0 Å². The second-order valence-electron chi connectivity index (χ2n) is 7.08. The fourth-order valence-corrected chi connectivity index (χ4v) is 3.61. The molecule has 0 unspecified atom stereocenters. The molecule has 1 fully saturated rings. The number of fused-ring (bicyclic) bond motifs is 1. The molecule has 7 nitrogen and oxygen atoms in total. The monoisotopic (exact) mass is 390 g/mol. The number of aromatic nitrogens is 1. The van der Waals surface area contributed by atoms with Crippen molar-refractivity contribution < 1.29 is 14.3 Å². The van der Waals surface area contributed by atoms with E-state index in [0.717, 1.165) is 27.9 Å². The summed E-state index contributed by atoms with van der Waals surface area (Å²) in [5.41, 5.74) is 2.53. The smallest absolute Gasteiger partial charge is 0.346 e. The van der Waals surface area contributed by atoms with Crippen LogP contribution in [-0.4, -0.2) is 35.3 Å². The van der Waals surface area contributed by atoms with Gasteiger partial charge in [-0.05, 0) is 36.6 Å². The van der Waals surface area contributed by atoms with Crippen LogP contribution in [-0.2, 0) is 16.8 Å². The lowest BCUT2D eigenvalue weighted by Crippen LogP contribution is -2.40. The summed E-state index contributed by atoms with van der Waals surface area (Å²) >= 11 is 0. The second kappa shape index (κ2) is 7.09. The highest BCUT2D eigenvalue weighted by atomic mass is 16.5. The maximum atomic E-state index is 13.0. The highest BCUT2D eigenvalue weighted by molar-refractivity contribution is 6.08. The van der Waals surface area contributed by atoms with Crippen molar-refractivity contribution in [1.82, 2.24) is 15.3 Å². The highest BCUT2D eigenvalue weighted by Crippen LogP contribution is 2.30. The lowest BCUT2D eigenvalue weighted by Gasteiger charge is -2.21. The molecule has 2 heterocycles. The molecule has 1 aliphatic heterocycles. The number of aromatic amines is 1. The van der Waals surface area contributed by atoms with Gasteiger partial charge in [0, 0.05) is 22.7 Å². The van der Waals surface area contributed by atoms with Crippen LogP contribution in [0.3, 0.4) is 0 Å². The molecule has 4 rings (SSSR count). The SMILES string of the molecule is CCc1cccc2c(/C=N/N3C(=O)N[C@@](C)(c4ccc(OC)cc4)C3=O)c[nH]c12. The Hall–Kier alpha value is -3.61. The molecule has 0 radical (unpaired) electrons. The van der Waals surface area contributed by atoms with Gasteiger partial charge in [0.05, 0.1) is 13.3 Å². The molecule has 148 valence electrons. The van der Waals surface area contributed by atoms with Crippen molar-refractivity contribution in [2.75, 3.05) is 7.11 Å². The van der Waals surface area contributed by atoms with Gasteiger partial charge in [-0.3, -0.25) is 4.79 Å². The van der Waals surface area contributed by atoms with E-state index in [0.29, 0.717) is 11.3 Å². The maximum absolute atomic E-state index is 13.0. The fourth-order valence-electron chi connectivity index (χ4n) is 3.61. The summed E-state index contributed by atoms with van der Waals surface area (Å²) in [6, 6.07) is 12.5. The number of benzene rings is 2. The van der Waals surface area contributed by atoms with Gasteiger partial charge in [0.1, 0.15) is 11.3 Å². The van der Waals surface area contributed by atoms with Crippen LogP contribution >= 0.6 is 0 Å². The minimum atomic E-state index is -1.18. The number of carbonyl (C=O) groups excluding carboxylic acids is 2. The lowest BCUT2D eigenvalue weighted by atomic mass is 9.92. The molecule has 1 atom stereocenters. The first kappa shape index (κ1) is 18.7. The molecule has 0 aliphatic carbocycles. The third-order valence-corrected chi connectivity index (χ3v) is 5.36. The predicted molar refractivity (Wildman–Crippen MR) is 111 cm³/mol. The molecule has 0 bridgehead atoms. The molecule has 3 aromatic rings. The first-order chi connectivity index (χ1) is 14.0. The van der Waals surface area contributed by atoms with Gasteiger partial charge in [0.15, 0.2) is 0 Å². The Labute approximate surface area is 168 Å². The van der Waals surface area contributed by atoms with Crippen LogP contribution in [0.5, 0.6) is 5.75 Å². The zero-order chi connectivity index (χ0) is 20.6. The van der Waals surface area contributed by atoms with Crippen molar-refractivity contribution in [3.05, 3.63) is 65.4 Å². The normalized spacial score (nSPS) is 19.3. The molecule has 7 heteroatoms. The number of para-hydroxylation sites is 1. The van der Waals surface area contributed by atoms with Crippen LogP contribution in [0, 0.1) is 0 Å². The van der Waals surface area contributed by atoms with Gasteiger partial charge >= 0.3 is 6.03 Å². The van der Waals surface area contributed by atoms with Gasteiger partial charge in [-0.1, -0.05) is 37.3 Å². The van der Waals surface area contributed by atoms with Crippen molar-refractivity contribution in [2.24, 2.45) is 5.10 Å². The number of hydrogen-bond acceptors (Lipinski definition) is 4. The number of hydrazone groups is 1. The Morgan fingerprint density at radius 1 is 1.17 bits per heavy atom. The number of urea groups is 1. The standard InChI is InChI=1S/C22H22N4O3/c1-4-14-6-5-7-18-15(12-23-19(14)18)13-24-26-20(27)22(2,25-21(26)28)16-8-10-17(29-3)11-9-16/h5-13,23H,4H2,1-3H3,(H,25,28)/b24-13+/t22-/m0/s1. The number of H-pyrrole nitrogens is 1. The summed E-state index contributed by atoms with van der Waals surface area (Å²) in [5, 5.41) is 8.81. The van der Waals surface area contributed by atoms with E-state index in [9.17, 15) is 9.59 Å². The zero-order valence-electron chi connectivity index (χ0n) is 16.5. The van der Waals surface area contributed by atoms with Gasteiger partial charge < -0.3 is 15.0 Å². The summed E-state index contributed by atoms with van der Waals surface area (Å²) in [6.07, 6.45) is 4.27. The molecule has 29 heavy (non-hydrogen) atoms. The number of amides is 3. The van der Waals surface area contributed by atoms with Crippen molar-refractivity contribution in [3.63, 3.8) is 0 Å². The van der Waals surface area contributed by atoms with Crippen molar-refractivity contribution in [1.29, 1.82) is 0 Å². The first-order valence-electron chi connectivity index (χ1n) is 9.42. The Morgan fingerprint density at radius 3 is 2.62 bits per heavy atom. The number of aryl methyl sites for hydroxylation is 1. The molecule has 0 saturated carbocycles. The second-order valence-corrected chi connectivity index (χ2v) is 7.08. The fraction of sp³-hybridized carbons (Fsp3) is 0.227. The average molecular weight is 390 g/mol. The molecular formula is C22H22N4O3. The number of methoxy groups -OCH3 is 1. The van der Waals surface area contributed by atoms with E-state index in [2.05, 4.69) is 28.4 Å². The van der Waals surface area contributed by atoms with Gasteiger partial charge in [0.25, 0.3) is 5.91 Å². The predicted octanol–water partition coefficient (Wildman–Crippen LogP) is 3.54. The quantitative estimate of drug-likeness (QED) is 0.516. The number of hydrogen-bond donors (Lipinski definition) is 2. The zero-order valence-corrected chi connectivity index (χ0v) is 16.5. The molecule has 1 aromatic heterocycles.